The SMILES string of the molecule is O=C(NCCCN1CCCCC1)c1ccc(CBr)cc1. The maximum Gasteiger partial charge on any atom is 0.251 e. The lowest BCUT2D eigenvalue weighted by molar-refractivity contribution is 0.0951. The zero-order valence-corrected chi connectivity index (χ0v) is 13.5. The predicted octanol–water partition coefficient (Wildman–Crippen LogP) is 3.19. The molecule has 1 aromatic carbocycles. The second-order valence-corrected chi connectivity index (χ2v) is 5.90. The summed E-state index contributed by atoms with van der Waals surface area (Å²) in [5, 5.41) is 3.82. The fraction of sp³-hybridized carbons (Fsp3) is 0.562. The number of likely N-dealkylation sites (tertiary alicyclic amines) is 1. The number of carbonyl (C=O) groups is 1. The van der Waals surface area contributed by atoms with Crippen molar-refractivity contribution >= 4 is 21.8 Å². The summed E-state index contributed by atoms with van der Waals surface area (Å²) in [5.74, 6) is 0.0322. The topological polar surface area (TPSA) is 32.3 Å². The van der Waals surface area contributed by atoms with Gasteiger partial charge in [0.15, 0.2) is 0 Å². The molecule has 0 aliphatic carbocycles. The summed E-state index contributed by atoms with van der Waals surface area (Å²) in [6.07, 6.45) is 5.06. The Morgan fingerprint density at radius 2 is 1.85 bits per heavy atom. The summed E-state index contributed by atoms with van der Waals surface area (Å²) >= 11 is 3.40. The van der Waals surface area contributed by atoms with Crippen LogP contribution >= 0.6 is 15.9 Å². The van der Waals surface area contributed by atoms with Gasteiger partial charge in [-0.2, -0.15) is 0 Å². The van der Waals surface area contributed by atoms with Gasteiger partial charge in [0, 0.05) is 17.4 Å². The number of rotatable bonds is 6. The molecule has 0 bridgehead atoms. The lowest BCUT2D eigenvalue weighted by atomic mass is 10.1. The molecule has 1 N–H and O–H groups in total. The molecule has 110 valence electrons. The van der Waals surface area contributed by atoms with Crippen LogP contribution in [0, 0.1) is 0 Å². The minimum absolute atomic E-state index is 0.0322. The van der Waals surface area contributed by atoms with E-state index in [1.807, 2.05) is 24.3 Å². The molecule has 1 heterocycles. The number of benzene rings is 1. The van der Waals surface area contributed by atoms with Crippen molar-refractivity contribution in [2.45, 2.75) is 31.0 Å². The van der Waals surface area contributed by atoms with Gasteiger partial charge in [0.05, 0.1) is 0 Å². The molecule has 3 nitrogen and oxygen atoms in total. The van der Waals surface area contributed by atoms with Crippen molar-refractivity contribution in [3.8, 4) is 0 Å². The van der Waals surface area contributed by atoms with Crippen LogP contribution in [0.25, 0.3) is 0 Å². The highest BCUT2D eigenvalue weighted by Gasteiger charge is 2.09. The van der Waals surface area contributed by atoms with Gasteiger partial charge in [-0.15, -0.1) is 0 Å². The van der Waals surface area contributed by atoms with Crippen molar-refractivity contribution in [2.75, 3.05) is 26.2 Å². The third-order valence-electron chi connectivity index (χ3n) is 3.76. The van der Waals surface area contributed by atoms with Crippen LogP contribution in [0.15, 0.2) is 24.3 Å². The number of nitrogens with one attached hydrogen (secondary N) is 1. The number of alkyl halides is 1. The Balaban J connectivity index is 1.66. The van der Waals surface area contributed by atoms with E-state index in [1.54, 1.807) is 0 Å². The fourth-order valence-corrected chi connectivity index (χ4v) is 2.91. The molecule has 1 fully saturated rings. The zero-order valence-electron chi connectivity index (χ0n) is 11.9. The van der Waals surface area contributed by atoms with Gasteiger partial charge in [-0.25, -0.2) is 0 Å². The molecule has 1 amide bonds. The third-order valence-corrected chi connectivity index (χ3v) is 4.40. The summed E-state index contributed by atoms with van der Waals surface area (Å²) in [7, 11) is 0. The van der Waals surface area contributed by atoms with E-state index in [4.69, 9.17) is 0 Å². The number of carbonyl (C=O) groups excluding carboxylic acids is 1. The van der Waals surface area contributed by atoms with Crippen molar-refractivity contribution in [3.63, 3.8) is 0 Å². The van der Waals surface area contributed by atoms with Crippen molar-refractivity contribution in [1.29, 1.82) is 0 Å². The molecule has 1 aromatic rings. The van der Waals surface area contributed by atoms with E-state index >= 15 is 0 Å². The smallest absolute Gasteiger partial charge is 0.251 e. The minimum atomic E-state index is 0.0322. The second-order valence-electron chi connectivity index (χ2n) is 5.34. The quantitative estimate of drug-likeness (QED) is 0.638. The maximum atomic E-state index is 12.0. The van der Waals surface area contributed by atoms with E-state index in [2.05, 4.69) is 26.1 Å². The number of hydrogen-bond donors (Lipinski definition) is 1. The Hall–Kier alpha value is -0.870. The number of piperidine rings is 1. The van der Waals surface area contributed by atoms with Crippen molar-refractivity contribution in [2.24, 2.45) is 0 Å². The molecule has 4 heteroatoms. The summed E-state index contributed by atoms with van der Waals surface area (Å²) in [6.45, 7) is 4.31. The van der Waals surface area contributed by atoms with Gasteiger partial charge in [0.25, 0.3) is 5.91 Å². The van der Waals surface area contributed by atoms with E-state index in [1.165, 1.54) is 37.9 Å². The molecule has 0 spiro atoms. The molecule has 0 saturated carbocycles. The number of nitrogens with zero attached hydrogens (tertiary/aromatic N) is 1. The minimum Gasteiger partial charge on any atom is -0.352 e. The highest BCUT2D eigenvalue weighted by molar-refractivity contribution is 9.08. The van der Waals surface area contributed by atoms with Crippen LogP contribution in [0.3, 0.4) is 0 Å². The van der Waals surface area contributed by atoms with Gasteiger partial charge in [-0.05, 0) is 56.6 Å². The van der Waals surface area contributed by atoms with E-state index < -0.39 is 0 Å². The first kappa shape index (κ1) is 15.5. The van der Waals surface area contributed by atoms with Gasteiger partial charge in [-0.3, -0.25) is 4.79 Å². The van der Waals surface area contributed by atoms with Gasteiger partial charge in [0.2, 0.25) is 0 Å². The number of amides is 1. The van der Waals surface area contributed by atoms with Gasteiger partial charge < -0.3 is 10.2 Å². The van der Waals surface area contributed by atoms with Crippen LogP contribution < -0.4 is 5.32 Å². The Labute approximate surface area is 129 Å². The molecular formula is C16H23BrN2O. The molecule has 0 radical (unpaired) electrons. The fourth-order valence-electron chi connectivity index (χ4n) is 2.53. The third kappa shape index (κ3) is 4.91. The zero-order chi connectivity index (χ0) is 14.2. The Bertz CT molecular complexity index is 413. The van der Waals surface area contributed by atoms with E-state index in [0.29, 0.717) is 0 Å². The molecule has 0 unspecified atom stereocenters. The highest BCUT2D eigenvalue weighted by Crippen LogP contribution is 2.09. The van der Waals surface area contributed by atoms with Crippen LogP contribution in [0.5, 0.6) is 0 Å². The Morgan fingerprint density at radius 1 is 1.15 bits per heavy atom. The van der Waals surface area contributed by atoms with Gasteiger partial charge in [-0.1, -0.05) is 34.5 Å². The van der Waals surface area contributed by atoms with Crippen molar-refractivity contribution in [1.82, 2.24) is 10.2 Å². The summed E-state index contributed by atoms with van der Waals surface area (Å²) < 4.78 is 0. The Morgan fingerprint density at radius 3 is 2.50 bits per heavy atom. The molecule has 20 heavy (non-hydrogen) atoms. The first-order chi connectivity index (χ1) is 9.79. The van der Waals surface area contributed by atoms with Crippen LogP contribution in [0.4, 0.5) is 0 Å². The lowest BCUT2D eigenvalue weighted by Crippen LogP contribution is -2.33. The molecule has 1 aliphatic heterocycles. The average molecular weight is 339 g/mol. The first-order valence-electron chi connectivity index (χ1n) is 7.45. The molecule has 0 aromatic heterocycles. The van der Waals surface area contributed by atoms with Crippen LogP contribution in [0.1, 0.15) is 41.6 Å². The van der Waals surface area contributed by atoms with E-state index in [0.717, 1.165) is 30.4 Å². The van der Waals surface area contributed by atoms with Gasteiger partial charge >= 0.3 is 0 Å². The van der Waals surface area contributed by atoms with Crippen LogP contribution in [-0.2, 0) is 5.33 Å². The normalized spacial score (nSPS) is 16.1. The second kappa shape index (κ2) is 8.42. The first-order valence-corrected chi connectivity index (χ1v) is 8.57. The Kier molecular flexibility index (Phi) is 6.54. The molecule has 0 atom stereocenters. The number of hydrogen-bond acceptors (Lipinski definition) is 2. The highest BCUT2D eigenvalue weighted by atomic mass is 79.9. The standard InChI is InChI=1S/C16H23BrN2O/c17-13-14-5-7-15(8-6-14)16(20)18-9-4-12-19-10-2-1-3-11-19/h5-8H,1-4,9-13H2,(H,18,20). The van der Waals surface area contributed by atoms with E-state index in [9.17, 15) is 4.79 Å². The summed E-state index contributed by atoms with van der Waals surface area (Å²) in [5.41, 5.74) is 1.93. The van der Waals surface area contributed by atoms with Crippen LogP contribution in [0.2, 0.25) is 0 Å². The lowest BCUT2D eigenvalue weighted by Gasteiger charge is -2.26. The largest absolute Gasteiger partial charge is 0.352 e. The van der Waals surface area contributed by atoms with E-state index in [-0.39, 0.29) is 5.91 Å². The van der Waals surface area contributed by atoms with Crippen LogP contribution in [-0.4, -0.2) is 37.0 Å². The molecule has 1 saturated heterocycles. The summed E-state index contributed by atoms with van der Waals surface area (Å²) in [4.78, 5) is 14.5. The number of halogens is 1. The van der Waals surface area contributed by atoms with Crippen molar-refractivity contribution < 1.29 is 4.79 Å². The molecular weight excluding hydrogens is 316 g/mol. The van der Waals surface area contributed by atoms with Crippen molar-refractivity contribution in [3.05, 3.63) is 35.4 Å². The molecule has 2 rings (SSSR count). The maximum absolute atomic E-state index is 12.0. The predicted molar refractivity (Wildman–Crippen MR) is 86.3 cm³/mol. The summed E-state index contributed by atoms with van der Waals surface area (Å²) in [6, 6.07) is 7.74. The average Bonchev–Trinajstić information content (AvgIpc) is 2.52. The molecule has 1 aliphatic rings. The van der Waals surface area contributed by atoms with Gasteiger partial charge in [0.1, 0.15) is 0 Å². The monoisotopic (exact) mass is 338 g/mol.